The van der Waals surface area contributed by atoms with E-state index >= 15 is 0 Å². The molecule has 7 nitrogen and oxygen atoms in total. The van der Waals surface area contributed by atoms with Gasteiger partial charge in [0.1, 0.15) is 11.3 Å². The fraction of sp³-hybridized carbons (Fsp3) is 0.208. The first-order valence-electron chi connectivity index (χ1n) is 9.92. The van der Waals surface area contributed by atoms with Crippen LogP contribution in [0.2, 0.25) is 0 Å². The van der Waals surface area contributed by atoms with Crippen LogP contribution in [-0.2, 0) is 7.05 Å². The van der Waals surface area contributed by atoms with Gasteiger partial charge in [0.25, 0.3) is 0 Å². The van der Waals surface area contributed by atoms with Crippen molar-refractivity contribution in [3.8, 4) is 11.3 Å². The van der Waals surface area contributed by atoms with Crippen LogP contribution in [0.1, 0.15) is 40.1 Å². The van der Waals surface area contributed by atoms with Crippen molar-refractivity contribution in [1.29, 1.82) is 0 Å². The summed E-state index contributed by atoms with van der Waals surface area (Å²) >= 11 is 0. The van der Waals surface area contributed by atoms with Crippen LogP contribution < -0.4 is 10.7 Å². The molecule has 1 atom stereocenters. The van der Waals surface area contributed by atoms with Gasteiger partial charge in [-0.15, -0.1) is 0 Å². The maximum absolute atomic E-state index is 12.9. The second kappa shape index (κ2) is 7.75. The summed E-state index contributed by atoms with van der Waals surface area (Å²) in [5, 5.41) is 17.6. The molecule has 0 saturated carbocycles. The molecule has 0 amide bonds. The summed E-state index contributed by atoms with van der Waals surface area (Å²) in [6.07, 6.45) is 1.82. The molecular weight excluding hydrogens is 394 g/mol. The smallest absolute Gasteiger partial charge is 0.337 e. The second-order valence-corrected chi connectivity index (χ2v) is 7.72. The number of hydrogen-bond donors (Lipinski definition) is 2. The van der Waals surface area contributed by atoms with E-state index in [0.717, 1.165) is 22.4 Å². The Morgan fingerprint density at radius 2 is 1.94 bits per heavy atom. The summed E-state index contributed by atoms with van der Waals surface area (Å²) in [6.45, 7) is 5.69. The fourth-order valence-corrected chi connectivity index (χ4v) is 3.84. The van der Waals surface area contributed by atoms with Crippen LogP contribution in [0.3, 0.4) is 0 Å². The molecule has 0 aliphatic heterocycles. The second-order valence-electron chi connectivity index (χ2n) is 7.72. The molecule has 0 spiro atoms. The maximum Gasteiger partial charge on any atom is 0.337 e. The van der Waals surface area contributed by atoms with Crippen molar-refractivity contribution in [1.82, 2.24) is 9.78 Å². The summed E-state index contributed by atoms with van der Waals surface area (Å²) in [5.41, 5.74) is 4.23. The van der Waals surface area contributed by atoms with E-state index in [-0.39, 0.29) is 17.0 Å². The third-order valence-corrected chi connectivity index (χ3v) is 5.28. The third-order valence-electron chi connectivity index (χ3n) is 5.28. The van der Waals surface area contributed by atoms with Gasteiger partial charge in [-0.05, 0) is 44.5 Å². The highest BCUT2D eigenvalue weighted by molar-refractivity contribution is 5.94. The van der Waals surface area contributed by atoms with E-state index in [1.54, 1.807) is 28.9 Å². The van der Waals surface area contributed by atoms with Gasteiger partial charge >= 0.3 is 5.97 Å². The third kappa shape index (κ3) is 3.82. The first-order valence-corrected chi connectivity index (χ1v) is 9.92. The molecule has 0 saturated heterocycles. The van der Waals surface area contributed by atoms with Crippen molar-refractivity contribution in [3.05, 3.63) is 81.3 Å². The van der Waals surface area contributed by atoms with Crippen LogP contribution in [0.4, 0.5) is 5.69 Å². The molecule has 4 aromatic rings. The lowest BCUT2D eigenvalue weighted by Gasteiger charge is -2.19. The average molecular weight is 417 g/mol. The van der Waals surface area contributed by atoms with Crippen LogP contribution in [0.15, 0.2) is 57.9 Å². The Morgan fingerprint density at radius 3 is 2.61 bits per heavy atom. The summed E-state index contributed by atoms with van der Waals surface area (Å²) in [6, 6.07) is 11.7. The molecule has 0 unspecified atom stereocenters. The molecule has 2 aromatic heterocycles. The molecule has 7 heteroatoms. The predicted octanol–water partition coefficient (Wildman–Crippen LogP) is 4.68. The largest absolute Gasteiger partial charge is 0.478 e. The highest BCUT2D eigenvalue weighted by Gasteiger charge is 2.19. The molecule has 2 N–H and O–H groups in total. The number of hydrogen-bond acceptors (Lipinski definition) is 5. The van der Waals surface area contributed by atoms with Crippen molar-refractivity contribution < 1.29 is 14.3 Å². The molecule has 0 fully saturated rings. The Morgan fingerprint density at radius 1 is 1.19 bits per heavy atom. The summed E-state index contributed by atoms with van der Waals surface area (Å²) in [7, 11) is 1.82. The number of benzene rings is 2. The minimum atomic E-state index is -1.01. The van der Waals surface area contributed by atoms with Gasteiger partial charge in [-0.3, -0.25) is 9.48 Å². The lowest BCUT2D eigenvalue weighted by atomic mass is 10.00. The van der Waals surface area contributed by atoms with Crippen molar-refractivity contribution in [2.24, 2.45) is 7.05 Å². The van der Waals surface area contributed by atoms with E-state index < -0.39 is 5.97 Å². The highest BCUT2D eigenvalue weighted by atomic mass is 16.4. The Balaban J connectivity index is 1.86. The first kappa shape index (κ1) is 20.4. The molecule has 31 heavy (non-hydrogen) atoms. The van der Waals surface area contributed by atoms with Gasteiger partial charge in [0.05, 0.1) is 28.2 Å². The van der Waals surface area contributed by atoms with E-state index in [1.165, 1.54) is 6.07 Å². The molecule has 0 radical (unpaired) electrons. The van der Waals surface area contributed by atoms with Gasteiger partial charge in [-0.25, -0.2) is 4.79 Å². The minimum Gasteiger partial charge on any atom is -0.478 e. The van der Waals surface area contributed by atoms with E-state index in [1.807, 2.05) is 46.1 Å². The first-order chi connectivity index (χ1) is 14.7. The number of fused-ring (bicyclic) bond motifs is 1. The zero-order valence-corrected chi connectivity index (χ0v) is 17.8. The Hall–Kier alpha value is -3.87. The van der Waals surface area contributed by atoms with Crippen LogP contribution in [0.5, 0.6) is 0 Å². The Bertz CT molecular complexity index is 1370. The fourth-order valence-electron chi connectivity index (χ4n) is 3.84. The number of aromatic carboxylic acids is 1. The van der Waals surface area contributed by atoms with Gasteiger partial charge in [0.15, 0.2) is 5.43 Å². The van der Waals surface area contributed by atoms with Crippen LogP contribution in [-0.4, -0.2) is 20.9 Å². The molecule has 2 heterocycles. The van der Waals surface area contributed by atoms with Crippen molar-refractivity contribution in [2.75, 3.05) is 5.32 Å². The molecule has 158 valence electrons. The minimum absolute atomic E-state index is 0.136. The average Bonchev–Trinajstić information content (AvgIpc) is 3.06. The molecular formula is C24H23N3O4. The monoisotopic (exact) mass is 417 g/mol. The quantitative estimate of drug-likeness (QED) is 0.489. The van der Waals surface area contributed by atoms with Gasteiger partial charge in [-0.1, -0.05) is 18.2 Å². The standard InChI is InChI=1S/C24H23N3O4/c1-13-9-17(14(2)25-20-8-6-5-7-16(20)24(29)30)23-18(10-13)21(28)11-22(31-23)19-12-27(4)26-15(19)3/h5-12,14,25H,1-4H3,(H,29,30)/t14-/m1/s1. The van der Waals surface area contributed by atoms with E-state index in [0.29, 0.717) is 22.4 Å². The normalized spacial score (nSPS) is 12.1. The number of nitrogens with zero attached hydrogens (tertiary/aromatic N) is 2. The molecule has 4 rings (SSSR count). The number of aryl methyl sites for hydroxylation is 3. The number of nitrogens with one attached hydrogen (secondary N) is 1. The molecule has 2 aromatic carbocycles. The van der Waals surface area contributed by atoms with E-state index in [9.17, 15) is 14.7 Å². The zero-order chi connectivity index (χ0) is 22.3. The summed E-state index contributed by atoms with van der Waals surface area (Å²) in [4.78, 5) is 24.5. The number of anilines is 1. The molecule has 0 bridgehead atoms. The van der Waals surface area contributed by atoms with E-state index in [2.05, 4.69) is 10.4 Å². The van der Waals surface area contributed by atoms with Crippen LogP contribution >= 0.6 is 0 Å². The van der Waals surface area contributed by atoms with Gasteiger partial charge in [-0.2, -0.15) is 5.10 Å². The Labute approximate surface area is 178 Å². The number of para-hydroxylation sites is 1. The van der Waals surface area contributed by atoms with Crippen LogP contribution in [0, 0.1) is 13.8 Å². The highest BCUT2D eigenvalue weighted by Crippen LogP contribution is 2.31. The van der Waals surface area contributed by atoms with E-state index in [4.69, 9.17) is 4.42 Å². The van der Waals surface area contributed by atoms with Gasteiger partial charge < -0.3 is 14.8 Å². The Kier molecular flexibility index (Phi) is 5.10. The van der Waals surface area contributed by atoms with Crippen molar-refractivity contribution in [3.63, 3.8) is 0 Å². The van der Waals surface area contributed by atoms with Gasteiger partial charge in [0, 0.05) is 30.6 Å². The molecule has 0 aliphatic rings. The van der Waals surface area contributed by atoms with Crippen LogP contribution in [0.25, 0.3) is 22.3 Å². The maximum atomic E-state index is 12.9. The SMILES string of the molecule is Cc1cc([C@@H](C)Nc2ccccc2C(=O)O)c2oc(-c3cn(C)nc3C)cc(=O)c2c1. The number of aromatic nitrogens is 2. The zero-order valence-electron chi connectivity index (χ0n) is 17.8. The lowest BCUT2D eigenvalue weighted by molar-refractivity contribution is 0.0698. The lowest BCUT2D eigenvalue weighted by Crippen LogP contribution is -2.12. The topological polar surface area (TPSA) is 97.4 Å². The summed E-state index contributed by atoms with van der Waals surface area (Å²) < 4.78 is 7.91. The summed E-state index contributed by atoms with van der Waals surface area (Å²) in [5.74, 6) is -0.559. The number of carboxylic acid groups (broad SMARTS) is 1. The number of rotatable bonds is 5. The number of carbonyl (C=O) groups is 1. The van der Waals surface area contributed by atoms with Gasteiger partial charge in [0.2, 0.25) is 0 Å². The molecule has 0 aliphatic carbocycles. The van der Waals surface area contributed by atoms with Crippen molar-refractivity contribution in [2.45, 2.75) is 26.8 Å². The number of carboxylic acids is 1. The van der Waals surface area contributed by atoms with Crippen molar-refractivity contribution >= 4 is 22.6 Å². The predicted molar refractivity (Wildman–Crippen MR) is 120 cm³/mol.